The predicted molar refractivity (Wildman–Crippen MR) is 104 cm³/mol. The van der Waals surface area contributed by atoms with Crippen molar-refractivity contribution in [3.8, 4) is 0 Å². The molecule has 1 aliphatic rings. The van der Waals surface area contributed by atoms with Crippen molar-refractivity contribution in [1.29, 1.82) is 0 Å². The number of anilines is 2. The first-order chi connectivity index (χ1) is 12.2. The molecule has 1 aliphatic heterocycles. The van der Waals surface area contributed by atoms with Gasteiger partial charge in [0.1, 0.15) is 0 Å². The fourth-order valence-electron chi connectivity index (χ4n) is 3.19. The second-order valence-electron chi connectivity index (χ2n) is 6.61. The molecule has 0 bridgehead atoms. The highest BCUT2D eigenvalue weighted by Crippen LogP contribution is 2.18. The van der Waals surface area contributed by atoms with Gasteiger partial charge in [-0.05, 0) is 48.7 Å². The number of hydrogen-bond donors (Lipinski definition) is 1. The van der Waals surface area contributed by atoms with E-state index >= 15 is 0 Å². The largest absolute Gasteiger partial charge is 0.376 e. The smallest absolute Gasteiger partial charge is 0.241 e. The summed E-state index contributed by atoms with van der Waals surface area (Å²) in [7, 11) is 0. The van der Waals surface area contributed by atoms with Gasteiger partial charge in [-0.1, -0.05) is 31.2 Å². The Kier molecular flexibility index (Phi) is 5.59. The summed E-state index contributed by atoms with van der Waals surface area (Å²) in [5, 5.41) is 3.24. The van der Waals surface area contributed by atoms with Gasteiger partial charge in [0, 0.05) is 37.6 Å². The lowest BCUT2D eigenvalue weighted by atomic mass is 10.1. The molecule has 4 heteroatoms. The molecule has 0 spiro atoms. The minimum atomic E-state index is 0.170. The molecule has 1 N–H and O–H groups in total. The van der Waals surface area contributed by atoms with Gasteiger partial charge in [-0.25, -0.2) is 0 Å². The van der Waals surface area contributed by atoms with Crippen LogP contribution in [0.25, 0.3) is 0 Å². The van der Waals surface area contributed by atoms with E-state index in [0.29, 0.717) is 6.54 Å². The Labute approximate surface area is 150 Å². The molecule has 1 saturated heterocycles. The molecule has 1 heterocycles. The van der Waals surface area contributed by atoms with Crippen LogP contribution in [0.1, 0.15) is 18.1 Å². The molecule has 0 aromatic heterocycles. The molecule has 2 aromatic carbocycles. The normalized spacial score (nSPS) is 14.5. The van der Waals surface area contributed by atoms with Gasteiger partial charge in [0.05, 0.1) is 6.54 Å². The molecule has 0 atom stereocenters. The highest BCUT2D eigenvalue weighted by molar-refractivity contribution is 5.81. The third kappa shape index (κ3) is 4.53. The van der Waals surface area contributed by atoms with E-state index in [-0.39, 0.29) is 5.91 Å². The summed E-state index contributed by atoms with van der Waals surface area (Å²) in [5.74, 6) is 0.170. The molecule has 1 amide bonds. The van der Waals surface area contributed by atoms with E-state index in [9.17, 15) is 4.79 Å². The van der Waals surface area contributed by atoms with Crippen molar-refractivity contribution in [3.05, 3.63) is 59.7 Å². The fraction of sp³-hybridized carbons (Fsp3) is 0.381. The predicted octanol–water partition coefficient (Wildman–Crippen LogP) is 3.32. The number of aryl methyl sites for hydroxylation is 2. The van der Waals surface area contributed by atoms with Crippen LogP contribution in [0.2, 0.25) is 0 Å². The highest BCUT2D eigenvalue weighted by atomic mass is 16.2. The van der Waals surface area contributed by atoms with Crippen LogP contribution in [-0.2, 0) is 11.2 Å². The maximum Gasteiger partial charge on any atom is 0.241 e. The second kappa shape index (κ2) is 8.06. The third-order valence-corrected chi connectivity index (χ3v) is 4.81. The van der Waals surface area contributed by atoms with Gasteiger partial charge in [0.15, 0.2) is 0 Å². The summed E-state index contributed by atoms with van der Waals surface area (Å²) in [4.78, 5) is 16.7. The highest BCUT2D eigenvalue weighted by Gasteiger charge is 2.21. The van der Waals surface area contributed by atoms with Crippen molar-refractivity contribution in [2.75, 3.05) is 42.9 Å². The summed E-state index contributed by atoms with van der Waals surface area (Å²) in [5.41, 5.74) is 4.84. The summed E-state index contributed by atoms with van der Waals surface area (Å²) in [6.45, 7) is 7.95. The van der Waals surface area contributed by atoms with Gasteiger partial charge >= 0.3 is 0 Å². The molecular weight excluding hydrogens is 310 g/mol. The number of rotatable bonds is 5. The van der Waals surface area contributed by atoms with Crippen LogP contribution in [0.15, 0.2) is 48.5 Å². The van der Waals surface area contributed by atoms with Crippen molar-refractivity contribution in [1.82, 2.24) is 4.90 Å². The van der Waals surface area contributed by atoms with E-state index in [0.717, 1.165) is 38.3 Å². The Morgan fingerprint density at radius 3 is 2.40 bits per heavy atom. The number of benzene rings is 2. The molecule has 0 unspecified atom stereocenters. The lowest BCUT2D eigenvalue weighted by Crippen LogP contribution is -2.50. The van der Waals surface area contributed by atoms with Crippen LogP contribution >= 0.6 is 0 Å². The number of nitrogens with zero attached hydrogens (tertiary/aromatic N) is 2. The van der Waals surface area contributed by atoms with Gasteiger partial charge in [-0.15, -0.1) is 0 Å². The zero-order valence-corrected chi connectivity index (χ0v) is 15.2. The van der Waals surface area contributed by atoms with Crippen molar-refractivity contribution in [2.45, 2.75) is 20.3 Å². The molecule has 0 radical (unpaired) electrons. The quantitative estimate of drug-likeness (QED) is 0.909. The van der Waals surface area contributed by atoms with Crippen molar-refractivity contribution < 1.29 is 4.79 Å². The van der Waals surface area contributed by atoms with Crippen LogP contribution in [0.4, 0.5) is 11.4 Å². The Hall–Kier alpha value is -2.49. The van der Waals surface area contributed by atoms with Crippen LogP contribution in [0, 0.1) is 6.92 Å². The Bertz CT molecular complexity index is 703. The molecule has 0 saturated carbocycles. The van der Waals surface area contributed by atoms with Crippen LogP contribution in [0.3, 0.4) is 0 Å². The van der Waals surface area contributed by atoms with Crippen molar-refractivity contribution in [3.63, 3.8) is 0 Å². The number of nitrogens with one attached hydrogen (secondary N) is 1. The molecule has 132 valence electrons. The van der Waals surface area contributed by atoms with Crippen molar-refractivity contribution in [2.24, 2.45) is 0 Å². The summed E-state index contributed by atoms with van der Waals surface area (Å²) < 4.78 is 0. The fourth-order valence-corrected chi connectivity index (χ4v) is 3.19. The SMILES string of the molecule is CCc1ccc(NCC(=O)N2CCN(c3cccc(C)c3)CC2)cc1. The van der Waals surface area contributed by atoms with E-state index in [1.807, 2.05) is 17.0 Å². The third-order valence-electron chi connectivity index (χ3n) is 4.81. The van der Waals surface area contributed by atoms with Gasteiger partial charge in [0.25, 0.3) is 0 Å². The first-order valence-electron chi connectivity index (χ1n) is 9.08. The Balaban J connectivity index is 1.48. The van der Waals surface area contributed by atoms with E-state index < -0.39 is 0 Å². The van der Waals surface area contributed by atoms with E-state index in [1.54, 1.807) is 0 Å². The van der Waals surface area contributed by atoms with Gasteiger partial charge < -0.3 is 15.1 Å². The lowest BCUT2D eigenvalue weighted by molar-refractivity contribution is -0.129. The summed E-state index contributed by atoms with van der Waals surface area (Å²) >= 11 is 0. The van der Waals surface area contributed by atoms with Gasteiger partial charge in [-0.2, -0.15) is 0 Å². The zero-order chi connectivity index (χ0) is 17.6. The van der Waals surface area contributed by atoms with Crippen LogP contribution in [-0.4, -0.2) is 43.5 Å². The maximum absolute atomic E-state index is 12.4. The number of carbonyl (C=O) groups excluding carboxylic acids is 1. The van der Waals surface area contributed by atoms with Gasteiger partial charge in [-0.3, -0.25) is 4.79 Å². The molecule has 4 nitrogen and oxygen atoms in total. The minimum absolute atomic E-state index is 0.170. The van der Waals surface area contributed by atoms with Crippen LogP contribution in [0.5, 0.6) is 0 Å². The molecule has 2 aromatic rings. The molecule has 25 heavy (non-hydrogen) atoms. The zero-order valence-electron chi connectivity index (χ0n) is 15.2. The Morgan fingerprint density at radius 1 is 1.04 bits per heavy atom. The number of carbonyl (C=O) groups is 1. The standard InChI is InChI=1S/C21H27N3O/c1-3-18-7-9-19(10-8-18)22-16-21(25)24-13-11-23(12-14-24)20-6-4-5-17(2)15-20/h4-10,15,22H,3,11-14,16H2,1-2H3. The average molecular weight is 337 g/mol. The first kappa shape index (κ1) is 17.3. The topological polar surface area (TPSA) is 35.6 Å². The average Bonchev–Trinajstić information content (AvgIpc) is 2.66. The molecule has 1 fully saturated rings. The van der Waals surface area contributed by atoms with Crippen LogP contribution < -0.4 is 10.2 Å². The Morgan fingerprint density at radius 2 is 1.76 bits per heavy atom. The maximum atomic E-state index is 12.4. The monoisotopic (exact) mass is 337 g/mol. The second-order valence-corrected chi connectivity index (χ2v) is 6.61. The molecular formula is C21H27N3O. The van der Waals surface area contributed by atoms with E-state index in [1.165, 1.54) is 16.8 Å². The molecule has 3 rings (SSSR count). The number of hydrogen-bond acceptors (Lipinski definition) is 3. The minimum Gasteiger partial charge on any atom is -0.376 e. The van der Waals surface area contributed by atoms with E-state index in [2.05, 4.69) is 60.5 Å². The summed E-state index contributed by atoms with van der Waals surface area (Å²) in [6, 6.07) is 16.9. The number of piperazine rings is 1. The van der Waals surface area contributed by atoms with Crippen molar-refractivity contribution >= 4 is 17.3 Å². The van der Waals surface area contributed by atoms with Gasteiger partial charge in [0.2, 0.25) is 5.91 Å². The molecule has 0 aliphatic carbocycles. The first-order valence-corrected chi connectivity index (χ1v) is 9.08. The summed E-state index contributed by atoms with van der Waals surface area (Å²) in [6.07, 6.45) is 1.03. The van der Waals surface area contributed by atoms with E-state index in [4.69, 9.17) is 0 Å². The number of amides is 1. The lowest BCUT2D eigenvalue weighted by Gasteiger charge is -2.36.